The predicted octanol–water partition coefficient (Wildman–Crippen LogP) is 3.26. The molecule has 0 spiro atoms. The van der Waals surface area contributed by atoms with Gasteiger partial charge in [-0.15, -0.1) is 0 Å². The first-order valence-electron chi connectivity index (χ1n) is 8.20. The molecule has 0 aliphatic carbocycles. The molecule has 0 saturated carbocycles. The summed E-state index contributed by atoms with van der Waals surface area (Å²) in [5.74, 6) is -0.110. The summed E-state index contributed by atoms with van der Waals surface area (Å²) in [5, 5.41) is 2.55. The van der Waals surface area contributed by atoms with E-state index in [1.165, 1.54) is 0 Å². The van der Waals surface area contributed by atoms with Gasteiger partial charge in [0, 0.05) is 5.56 Å². The summed E-state index contributed by atoms with van der Waals surface area (Å²) < 4.78 is 10.7. The molecule has 0 fully saturated rings. The zero-order valence-electron chi connectivity index (χ0n) is 14.7. The molecule has 5 nitrogen and oxygen atoms in total. The van der Waals surface area contributed by atoms with Gasteiger partial charge in [0.05, 0.1) is 6.10 Å². The minimum atomic E-state index is -0.478. The first-order chi connectivity index (χ1) is 11.9. The summed E-state index contributed by atoms with van der Waals surface area (Å²) in [5.41, 5.74) is 2.51. The van der Waals surface area contributed by atoms with Gasteiger partial charge in [0.25, 0.3) is 5.91 Å². The van der Waals surface area contributed by atoms with Crippen LogP contribution in [0.1, 0.15) is 35.3 Å². The zero-order chi connectivity index (χ0) is 18.2. The quantitative estimate of drug-likeness (QED) is 0.785. The Morgan fingerprint density at radius 1 is 1.00 bits per heavy atom. The number of aryl methyl sites for hydroxylation is 1. The van der Waals surface area contributed by atoms with Crippen LogP contribution in [0.4, 0.5) is 0 Å². The fourth-order valence-corrected chi connectivity index (χ4v) is 2.11. The normalized spacial score (nSPS) is 10.4. The Morgan fingerprint density at radius 2 is 1.64 bits per heavy atom. The van der Waals surface area contributed by atoms with E-state index < -0.39 is 5.97 Å². The second kappa shape index (κ2) is 8.87. The van der Waals surface area contributed by atoms with Crippen molar-refractivity contribution in [1.29, 1.82) is 0 Å². The van der Waals surface area contributed by atoms with E-state index >= 15 is 0 Å². The number of carbonyl (C=O) groups is 2. The van der Waals surface area contributed by atoms with Crippen LogP contribution >= 0.6 is 0 Å². The molecule has 0 aliphatic heterocycles. The molecule has 0 heterocycles. The van der Waals surface area contributed by atoms with Crippen LogP contribution < -0.4 is 10.1 Å². The van der Waals surface area contributed by atoms with Crippen molar-refractivity contribution in [3.05, 3.63) is 65.2 Å². The number of carbonyl (C=O) groups excluding carboxylic acids is 2. The van der Waals surface area contributed by atoms with E-state index in [4.69, 9.17) is 9.47 Å². The predicted molar refractivity (Wildman–Crippen MR) is 95.5 cm³/mol. The standard InChI is InChI=1S/C20H23NO4/c1-14(2)25-18-10-8-17(9-11-18)20(23)21-12-19(22)24-13-16-6-4-15(3)5-7-16/h4-11,14H,12-13H2,1-3H3,(H,21,23). The van der Waals surface area contributed by atoms with Crippen molar-refractivity contribution in [3.63, 3.8) is 0 Å². The molecule has 2 aromatic rings. The Hall–Kier alpha value is -2.82. The zero-order valence-corrected chi connectivity index (χ0v) is 14.7. The molecule has 2 rings (SSSR count). The van der Waals surface area contributed by atoms with Gasteiger partial charge in [0.1, 0.15) is 18.9 Å². The molecule has 0 saturated heterocycles. The van der Waals surface area contributed by atoms with Crippen molar-refractivity contribution in [1.82, 2.24) is 5.32 Å². The summed E-state index contributed by atoms with van der Waals surface area (Å²) in [6, 6.07) is 14.5. The number of amides is 1. The van der Waals surface area contributed by atoms with Crippen molar-refractivity contribution in [2.45, 2.75) is 33.5 Å². The lowest BCUT2D eigenvalue weighted by Crippen LogP contribution is -2.30. The van der Waals surface area contributed by atoms with E-state index in [1.54, 1.807) is 24.3 Å². The lowest BCUT2D eigenvalue weighted by molar-refractivity contribution is -0.143. The topological polar surface area (TPSA) is 64.6 Å². The first kappa shape index (κ1) is 18.5. The number of hydrogen-bond acceptors (Lipinski definition) is 4. The number of ether oxygens (including phenoxy) is 2. The lowest BCUT2D eigenvalue weighted by atomic mass is 10.2. The van der Waals surface area contributed by atoms with Crippen molar-refractivity contribution in [2.24, 2.45) is 0 Å². The SMILES string of the molecule is Cc1ccc(COC(=O)CNC(=O)c2ccc(OC(C)C)cc2)cc1. The van der Waals surface area contributed by atoms with Crippen molar-refractivity contribution in [3.8, 4) is 5.75 Å². The Balaban J connectivity index is 1.76. The second-order valence-corrected chi connectivity index (χ2v) is 6.02. The maximum absolute atomic E-state index is 12.0. The molecular formula is C20H23NO4. The summed E-state index contributed by atoms with van der Waals surface area (Å²) in [7, 11) is 0. The molecule has 1 N–H and O–H groups in total. The van der Waals surface area contributed by atoms with Crippen LogP contribution in [0, 0.1) is 6.92 Å². The van der Waals surface area contributed by atoms with Gasteiger partial charge < -0.3 is 14.8 Å². The monoisotopic (exact) mass is 341 g/mol. The van der Waals surface area contributed by atoms with Crippen LogP contribution in [0.15, 0.2) is 48.5 Å². The third-order valence-electron chi connectivity index (χ3n) is 3.40. The Labute approximate surface area is 148 Å². The lowest BCUT2D eigenvalue weighted by Gasteiger charge is -2.10. The van der Waals surface area contributed by atoms with Crippen LogP contribution in [0.3, 0.4) is 0 Å². The van der Waals surface area contributed by atoms with Gasteiger partial charge in [0.2, 0.25) is 0 Å². The van der Waals surface area contributed by atoms with Crippen LogP contribution in [-0.2, 0) is 16.1 Å². The third-order valence-corrected chi connectivity index (χ3v) is 3.40. The molecule has 25 heavy (non-hydrogen) atoms. The van der Waals surface area contributed by atoms with Gasteiger partial charge in [-0.1, -0.05) is 29.8 Å². The maximum atomic E-state index is 12.0. The summed E-state index contributed by atoms with van der Waals surface area (Å²) in [6.07, 6.45) is 0.0722. The average molecular weight is 341 g/mol. The van der Waals surface area contributed by atoms with Gasteiger partial charge in [-0.3, -0.25) is 9.59 Å². The highest BCUT2D eigenvalue weighted by atomic mass is 16.5. The Bertz CT molecular complexity index is 705. The highest BCUT2D eigenvalue weighted by Gasteiger charge is 2.09. The summed E-state index contributed by atoms with van der Waals surface area (Å²) in [6.45, 7) is 5.88. The molecule has 1 amide bonds. The van der Waals surface area contributed by atoms with Crippen LogP contribution in [-0.4, -0.2) is 24.5 Å². The van der Waals surface area contributed by atoms with Gasteiger partial charge in [-0.25, -0.2) is 0 Å². The van der Waals surface area contributed by atoms with Gasteiger partial charge in [-0.05, 0) is 50.6 Å². The fourth-order valence-electron chi connectivity index (χ4n) is 2.11. The van der Waals surface area contributed by atoms with Crippen LogP contribution in [0.25, 0.3) is 0 Å². The first-order valence-corrected chi connectivity index (χ1v) is 8.20. The molecule has 132 valence electrons. The van der Waals surface area contributed by atoms with E-state index in [9.17, 15) is 9.59 Å². The van der Waals surface area contributed by atoms with Crippen LogP contribution in [0.5, 0.6) is 5.75 Å². The van der Waals surface area contributed by atoms with Gasteiger partial charge in [-0.2, -0.15) is 0 Å². The summed E-state index contributed by atoms with van der Waals surface area (Å²) >= 11 is 0. The molecule has 0 aliphatic rings. The number of esters is 1. The average Bonchev–Trinajstić information content (AvgIpc) is 2.59. The van der Waals surface area contributed by atoms with E-state index in [0.29, 0.717) is 11.3 Å². The van der Waals surface area contributed by atoms with Gasteiger partial charge in [0.15, 0.2) is 0 Å². The molecule has 0 aromatic heterocycles. The molecule has 2 aromatic carbocycles. The molecule has 5 heteroatoms. The van der Waals surface area contributed by atoms with Crippen LogP contribution in [0.2, 0.25) is 0 Å². The number of rotatable bonds is 7. The molecule has 0 radical (unpaired) electrons. The third kappa shape index (κ3) is 6.30. The Kier molecular flexibility index (Phi) is 6.57. The summed E-state index contributed by atoms with van der Waals surface area (Å²) in [4.78, 5) is 23.8. The van der Waals surface area contributed by atoms with Crippen molar-refractivity contribution >= 4 is 11.9 Å². The fraction of sp³-hybridized carbons (Fsp3) is 0.300. The minimum absolute atomic E-state index is 0.0722. The van der Waals surface area contributed by atoms with Gasteiger partial charge >= 0.3 is 5.97 Å². The van der Waals surface area contributed by atoms with E-state index in [1.807, 2.05) is 45.0 Å². The molecular weight excluding hydrogens is 318 g/mol. The highest BCUT2D eigenvalue weighted by molar-refractivity contribution is 5.96. The second-order valence-electron chi connectivity index (χ2n) is 6.02. The smallest absolute Gasteiger partial charge is 0.325 e. The minimum Gasteiger partial charge on any atom is -0.491 e. The van der Waals surface area contributed by atoms with E-state index in [0.717, 1.165) is 11.1 Å². The molecule has 0 bridgehead atoms. The highest BCUT2D eigenvalue weighted by Crippen LogP contribution is 2.13. The Morgan fingerprint density at radius 3 is 2.24 bits per heavy atom. The number of benzene rings is 2. The largest absolute Gasteiger partial charge is 0.491 e. The van der Waals surface area contributed by atoms with E-state index in [2.05, 4.69) is 5.32 Å². The van der Waals surface area contributed by atoms with E-state index in [-0.39, 0.29) is 25.2 Å². The number of nitrogens with one attached hydrogen (secondary N) is 1. The molecule has 0 atom stereocenters. The molecule has 0 unspecified atom stereocenters. The maximum Gasteiger partial charge on any atom is 0.325 e. The number of hydrogen-bond donors (Lipinski definition) is 1. The van der Waals surface area contributed by atoms with Crippen molar-refractivity contribution in [2.75, 3.05) is 6.54 Å². The van der Waals surface area contributed by atoms with Crippen molar-refractivity contribution < 1.29 is 19.1 Å².